The summed E-state index contributed by atoms with van der Waals surface area (Å²) >= 11 is 5.85. The molecule has 28 heavy (non-hydrogen) atoms. The highest BCUT2D eigenvalue weighted by molar-refractivity contribution is 6.31. The number of nitrogens with zero attached hydrogens (tertiary/aromatic N) is 4. The van der Waals surface area contributed by atoms with Crippen molar-refractivity contribution in [3.05, 3.63) is 59.4 Å². The van der Waals surface area contributed by atoms with E-state index in [0.717, 1.165) is 9.91 Å². The maximum Gasteiger partial charge on any atom is 0.263 e. The van der Waals surface area contributed by atoms with Crippen LogP contribution >= 0.6 is 11.6 Å². The first-order valence-electron chi connectivity index (χ1n) is 8.30. The quantitative estimate of drug-likeness (QED) is 0.796. The molecule has 3 amide bonds. The summed E-state index contributed by atoms with van der Waals surface area (Å²) in [6.07, 6.45) is 0. The molecule has 0 bridgehead atoms. The number of amides is 3. The van der Waals surface area contributed by atoms with Gasteiger partial charge in [0.25, 0.3) is 11.8 Å². The Balaban J connectivity index is 1.48. The number of fused-ring (bicyclic) bond motifs is 1. The van der Waals surface area contributed by atoms with Crippen LogP contribution in [-0.2, 0) is 14.4 Å². The SMILES string of the molecule is O=C(CN1N=N[C@H]2C(=O)N(c3ccc(Cl)cc3)C(=O)[C@@H]21)Nc1cccc(F)c1. The molecule has 8 nitrogen and oxygen atoms in total. The van der Waals surface area contributed by atoms with Crippen LogP contribution in [-0.4, -0.2) is 41.4 Å². The molecule has 1 N–H and O–H groups in total. The summed E-state index contributed by atoms with van der Waals surface area (Å²) in [5.74, 6) is -2.06. The third-order valence-corrected chi connectivity index (χ3v) is 4.61. The van der Waals surface area contributed by atoms with Gasteiger partial charge in [-0.3, -0.25) is 19.4 Å². The maximum atomic E-state index is 13.2. The van der Waals surface area contributed by atoms with E-state index in [1.807, 2.05) is 0 Å². The van der Waals surface area contributed by atoms with Crippen molar-refractivity contribution in [2.24, 2.45) is 10.3 Å². The number of carbonyl (C=O) groups is 3. The fourth-order valence-corrected chi connectivity index (χ4v) is 3.24. The van der Waals surface area contributed by atoms with Gasteiger partial charge < -0.3 is 5.32 Å². The third kappa shape index (κ3) is 3.20. The standard InChI is InChI=1S/C18H13ClFN5O3/c19-10-4-6-13(7-5-10)25-17(27)15-16(18(25)28)24(23-22-15)9-14(26)21-12-3-1-2-11(20)8-12/h1-8,15-16H,9H2,(H,21,26)/t15-,16-/m1/s1. The highest BCUT2D eigenvalue weighted by Gasteiger charge is 2.55. The van der Waals surface area contributed by atoms with Crippen molar-refractivity contribution in [1.82, 2.24) is 5.01 Å². The molecule has 142 valence electrons. The Bertz CT molecular complexity index is 997. The van der Waals surface area contributed by atoms with E-state index in [1.165, 1.54) is 24.3 Å². The average molecular weight is 402 g/mol. The molecule has 4 rings (SSSR count). The molecule has 2 atom stereocenters. The molecule has 10 heteroatoms. The van der Waals surface area contributed by atoms with Crippen molar-refractivity contribution < 1.29 is 18.8 Å². The van der Waals surface area contributed by atoms with Crippen molar-refractivity contribution in [3.63, 3.8) is 0 Å². The van der Waals surface area contributed by atoms with Crippen molar-refractivity contribution >= 4 is 40.7 Å². The van der Waals surface area contributed by atoms with Gasteiger partial charge in [-0.1, -0.05) is 22.9 Å². The highest BCUT2D eigenvalue weighted by Crippen LogP contribution is 2.32. The van der Waals surface area contributed by atoms with Crippen LogP contribution in [0.4, 0.5) is 15.8 Å². The maximum absolute atomic E-state index is 13.2. The first kappa shape index (κ1) is 18.1. The number of nitrogens with one attached hydrogen (secondary N) is 1. The molecule has 2 aromatic carbocycles. The van der Waals surface area contributed by atoms with Gasteiger partial charge in [0, 0.05) is 10.7 Å². The molecule has 2 aliphatic rings. The number of hydrogen-bond donors (Lipinski definition) is 1. The Labute approximate surface area is 163 Å². The monoisotopic (exact) mass is 401 g/mol. The van der Waals surface area contributed by atoms with Gasteiger partial charge in [0.1, 0.15) is 12.4 Å². The van der Waals surface area contributed by atoms with Gasteiger partial charge in [-0.25, -0.2) is 9.29 Å². The van der Waals surface area contributed by atoms with Gasteiger partial charge in [0.15, 0.2) is 12.1 Å². The fraction of sp³-hybridized carbons (Fsp3) is 0.167. The second-order valence-corrected chi connectivity index (χ2v) is 6.68. The van der Waals surface area contributed by atoms with Gasteiger partial charge in [0.2, 0.25) is 5.91 Å². The highest BCUT2D eigenvalue weighted by atomic mass is 35.5. The van der Waals surface area contributed by atoms with Crippen molar-refractivity contribution in [3.8, 4) is 0 Å². The first-order chi connectivity index (χ1) is 13.4. The van der Waals surface area contributed by atoms with Crippen molar-refractivity contribution in [1.29, 1.82) is 0 Å². The minimum Gasteiger partial charge on any atom is -0.324 e. The number of anilines is 2. The van der Waals surface area contributed by atoms with E-state index in [1.54, 1.807) is 24.3 Å². The molecule has 0 aromatic heterocycles. The zero-order valence-electron chi connectivity index (χ0n) is 14.3. The Hall–Kier alpha value is -3.33. The lowest BCUT2D eigenvalue weighted by molar-refractivity contribution is -0.123. The van der Waals surface area contributed by atoms with Gasteiger partial charge in [-0.15, -0.1) is 0 Å². The normalized spacial score (nSPS) is 20.6. The van der Waals surface area contributed by atoms with Crippen LogP contribution in [0.1, 0.15) is 0 Å². The van der Waals surface area contributed by atoms with E-state index < -0.39 is 35.6 Å². The summed E-state index contributed by atoms with van der Waals surface area (Å²) in [4.78, 5) is 38.7. The second-order valence-electron chi connectivity index (χ2n) is 6.24. The van der Waals surface area contributed by atoms with Crippen LogP contribution in [0.2, 0.25) is 5.02 Å². The van der Waals surface area contributed by atoms with E-state index in [2.05, 4.69) is 15.7 Å². The van der Waals surface area contributed by atoms with Gasteiger partial charge in [-0.2, -0.15) is 5.11 Å². The Kier molecular flexibility index (Phi) is 4.52. The zero-order valence-corrected chi connectivity index (χ0v) is 15.0. The van der Waals surface area contributed by atoms with Crippen LogP contribution in [0.15, 0.2) is 58.9 Å². The smallest absolute Gasteiger partial charge is 0.263 e. The molecule has 0 unspecified atom stereocenters. The Morgan fingerprint density at radius 3 is 2.61 bits per heavy atom. The van der Waals surface area contributed by atoms with E-state index in [9.17, 15) is 18.8 Å². The number of carbonyl (C=O) groups excluding carboxylic acids is 3. The Morgan fingerprint density at radius 1 is 1.14 bits per heavy atom. The number of rotatable bonds is 4. The summed E-state index contributed by atoms with van der Waals surface area (Å²) < 4.78 is 13.2. The number of benzene rings is 2. The van der Waals surface area contributed by atoms with E-state index >= 15 is 0 Å². The average Bonchev–Trinajstić information content (AvgIpc) is 3.16. The largest absolute Gasteiger partial charge is 0.324 e. The molecule has 0 radical (unpaired) electrons. The molecule has 1 fully saturated rings. The number of halogens is 2. The second kappa shape index (κ2) is 7.01. The third-order valence-electron chi connectivity index (χ3n) is 4.36. The predicted octanol–water partition coefficient (Wildman–Crippen LogP) is 2.41. The van der Waals surface area contributed by atoms with Crippen molar-refractivity contribution in [2.45, 2.75) is 12.1 Å². The molecule has 2 aliphatic heterocycles. The van der Waals surface area contributed by atoms with Crippen molar-refractivity contribution in [2.75, 3.05) is 16.8 Å². The molecular weight excluding hydrogens is 389 g/mol. The summed E-state index contributed by atoms with van der Waals surface area (Å²) in [5.41, 5.74) is 0.641. The molecular formula is C18H13ClFN5O3. The summed E-state index contributed by atoms with van der Waals surface area (Å²) in [7, 11) is 0. The molecule has 2 heterocycles. The van der Waals surface area contributed by atoms with Crippen LogP contribution in [0.25, 0.3) is 0 Å². The minimum atomic E-state index is -1.01. The predicted molar refractivity (Wildman–Crippen MR) is 98.1 cm³/mol. The lowest BCUT2D eigenvalue weighted by Gasteiger charge is -2.20. The summed E-state index contributed by atoms with van der Waals surface area (Å²) in [5, 5.41) is 11.8. The molecule has 0 saturated carbocycles. The number of hydrogen-bond acceptors (Lipinski definition) is 6. The molecule has 2 aromatic rings. The van der Waals surface area contributed by atoms with E-state index in [-0.39, 0.29) is 12.2 Å². The van der Waals surface area contributed by atoms with Gasteiger partial charge >= 0.3 is 0 Å². The number of imide groups is 1. The topological polar surface area (TPSA) is 94.4 Å². The molecule has 1 saturated heterocycles. The van der Waals surface area contributed by atoms with Crippen LogP contribution in [0.3, 0.4) is 0 Å². The molecule has 0 aliphatic carbocycles. The lowest BCUT2D eigenvalue weighted by atomic mass is 10.1. The van der Waals surface area contributed by atoms with E-state index in [0.29, 0.717) is 10.7 Å². The molecule has 0 spiro atoms. The van der Waals surface area contributed by atoms with Gasteiger partial charge in [-0.05, 0) is 42.5 Å². The first-order valence-corrected chi connectivity index (χ1v) is 8.68. The van der Waals surface area contributed by atoms with Crippen LogP contribution < -0.4 is 10.2 Å². The Morgan fingerprint density at radius 2 is 1.89 bits per heavy atom. The van der Waals surface area contributed by atoms with E-state index in [4.69, 9.17) is 11.6 Å². The van der Waals surface area contributed by atoms with Gasteiger partial charge in [0.05, 0.1) is 5.69 Å². The minimum absolute atomic E-state index is 0.273. The summed E-state index contributed by atoms with van der Waals surface area (Å²) in [6.45, 7) is -0.311. The van der Waals surface area contributed by atoms with Crippen LogP contribution in [0.5, 0.6) is 0 Å². The lowest BCUT2D eigenvalue weighted by Crippen LogP contribution is -2.43. The zero-order chi connectivity index (χ0) is 19.8. The fourth-order valence-electron chi connectivity index (χ4n) is 3.11. The summed E-state index contributed by atoms with van der Waals surface area (Å²) in [6, 6.07) is 9.64. The van der Waals surface area contributed by atoms with Crippen LogP contribution in [0, 0.1) is 5.82 Å².